The van der Waals surface area contributed by atoms with Crippen LogP contribution in [0.15, 0.2) is 71.4 Å². The van der Waals surface area contributed by atoms with Gasteiger partial charge in [-0.25, -0.2) is 0 Å². The second kappa shape index (κ2) is 11.7. The first-order chi connectivity index (χ1) is 18.0. The van der Waals surface area contributed by atoms with Crippen molar-refractivity contribution in [3.05, 3.63) is 78.1 Å². The summed E-state index contributed by atoms with van der Waals surface area (Å²) < 4.78 is 23.3. The van der Waals surface area contributed by atoms with Gasteiger partial charge in [0.25, 0.3) is 0 Å². The molecule has 0 spiro atoms. The number of benzene rings is 3. The zero-order chi connectivity index (χ0) is 26.4. The lowest BCUT2D eigenvalue weighted by Gasteiger charge is -2.15. The molecule has 0 fully saturated rings. The van der Waals surface area contributed by atoms with Crippen LogP contribution in [0.25, 0.3) is 27.7 Å². The number of rotatable bonds is 10. The predicted molar refractivity (Wildman–Crippen MR) is 149 cm³/mol. The summed E-state index contributed by atoms with van der Waals surface area (Å²) in [6.45, 7) is 11.3. The van der Waals surface area contributed by atoms with Crippen LogP contribution in [0.3, 0.4) is 0 Å². The number of aryl methyl sites for hydroxylation is 1. The van der Waals surface area contributed by atoms with Gasteiger partial charge >= 0.3 is 0 Å². The average Bonchev–Trinajstić information content (AvgIpc) is 3.32. The van der Waals surface area contributed by atoms with E-state index in [-0.39, 0.29) is 5.91 Å². The Morgan fingerprint density at radius 3 is 2.35 bits per heavy atom. The average molecular weight is 500 g/mol. The normalized spacial score (nSPS) is 11.4. The third-order valence-corrected chi connectivity index (χ3v) is 6.03. The van der Waals surface area contributed by atoms with Crippen LogP contribution in [0.1, 0.15) is 38.8 Å². The topological polar surface area (TPSA) is 69.9 Å². The maximum absolute atomic E-state index is 13.0. The molecule has 37 heavy (non-hydrogen) atoms. The summed E-state index contributed by atoms with van der Waals surface area (Å²) in [5.41, 5.74) is 5.88. The van der Waals surface area contributed by atoms with Crippen LogP contribution in [-0.2, 0) is 4.79 Å². The van der Waals surface area contributed by atoms with E-state index < -0.39 is 0 Å². The number of ether oxygens (including phenoxy) is 3. The second-order valence-electron chi connectivity index (χ2n) is 8.54. The van der Waals surface area contributed by atoms with E-state index in [1.165, 1.54) is 0 Å². The van der Waals surface area contributed by atoms with Gasteiger partial charge in [0.15, 0.2) is 0 Å². The third-order valence-electron chi connectivity index (χ3n) is 6.03. The number of hydrogen-bond donors (Lipinski definition) is 1. The van der Waals surface area contributed by atoms with E-state index in [1.807, 2.05) is 89.2 Å². The minimum Gasteiger partial charge on any atom is -0.494 e. The number of nitrogens with one attached hydrogen (secondary N) is 1. The molecule has 0 radical (unpaired) electrons. The third kappa shape index (κ3) is 5.64. The summed E-state index contributed by atoms with van der Waals surface area (Å²) in [5.74, 6) is 1.92. The van der Waals surface area contributed by atoms with Gasteiger partial charge in [-0.3, -0.25) is 4.79 Å². The zero-order valence-corrected chi connectivity index (χ0v) is 22.0. The molecule has 6 heteroatoms. The number of allylic oxidation sites excluding steroid dienone is 1. The second-order valence-corrected chi connectivity index (χ2v) is 8.54. The summed E-state index contributed by atoms with van der Waals surface area (Å²) in [6, 6.07) is 17.4. The van der Waals surface area contributed by atoms with Crippen molar-refractivity contribution in [3.8, 4) is 28.4 Å². The van der Waals surface area contributed by atoms with Gasteiger partial charge in [-0.15, -0.1) is 0 Å². The fraction of sp³-hybridized carbons (Fsp3) is 0.258. The highest BCUT2D eigenvalue weighted by molar-refractivity contribution is 6.06. The Kier molecular flexibility index (Phi) is 8.18. The largest absolute Gasteiger partial charge is 0.494 e. The molecule has 1 aromatic heterocycles. The van der Waals surface area contributed by atoms with Crippen molar-refractivity contribution in [3.63, 3.8) is 0 Å². The number of carbonyl (C=O) groups is 1. The fourth-order valence-electron chi connectivity index (χ4n) is 4.35. The van der Waals surface area contributed by atoms with E-state index in [2.05, 4.69) is 5.32 Å². The van der Waals surface area contributed by atoms with E-state index in [9.17, 15) is 4.79 Å². The molecule has 4 rings (SSSR count). The van der Waals surface area contributed by atoms with Gasteiger partial charge in [0.2, 0.25) is 5.91 Å². The van der Waals surface area contributed by atoms with Crippen LogP contribution < -0.4 is 19.5 Å². The lowest BCUT2D eigenvalue weighted by atomic mass is 9.96. The van der Waals surface area contributed by atoms with E-state index in [4.69, 9.17) is 18.6 Å². The van der Waals surface area contributed by atoms with Crippen LogP contribution in [0.5, 0.6) is 17.2 Å². The van der Waals surface area contributed by atoms with Gasteiger partial charge in [-0.2, -0.15) is 0 Å². The molecule has 0 saturated carbocycles. The molecule has 192 valence electrons. The highest BCUT2D eigenvalue weighted by Crippen LogP contribution is 2.41. The zero-order valence-electron chi connectivity index (χ0n) is 22.0. The highest BCUT2D eigenvalue weighted by atomic mass is 16.5. The number of para-hydroxylation sites is 2. The molecule has 0 saturated heterocycles. The lowest BCUT2D eigenvalue weighted by Crippen LogP contribution is -2.10. The molecule has 1 amide bonds. The summed E-state index contributed by atoms with van der Waals surface area (Å²) in [7, 11) is 0. The number of hydrogen-bond acceptors (Lipinski definition) is 5. The Morgan fingerprint density at radius 1 is 0.946 bits per heavy atom. The first-order valence-electron chi connectivity index (χ1n) is 12.6. The summed E-state index contributed by atoms with van der Waals surface area (Å²) in [6.07, 6.45) is 3.35. The number of amides is 1. The minimum atomic E-state index is -0.246. The van der Waals surface area contributed by atoms with Crippen LogP contribution in [0.4, 0.5) is 5.69 Å². The summed E-state index contributed by atoms with van der Waals surface area (Å²) in [4.78, 5) is 13.0. The number of anilines is 1. The summed E-state index contributed by atoms with van der Waals surface area (Å²) in [5, 5.41) is 3.89. The smallest absolute Gasteiger partial charge is 0.248 e. The molecule has 1 N–H and O–H groups in total. The van der Waals surface area contributed by atoms with Crippen molar-refractivity contribution in [1.29, 1.82) is 0 Å². The van der Waals surface area contributed by atoms with Crippen LogP contribution >= 0.6 is 0 Å². The van der Waals surface area contributed by atoms with Gasteiger partial charge in [0.1, 0.15) is 22.8 Å². The van der Waals surface area contributed by atoms with Crippen LogP contribution in [0.2, 0.25) is 0 Å². The maximum Gasteiger partial charge on any atom is 0.248 e. The van der Waals surface area contributed by atoms with Gasteiger partial charge in [0.05, 0.1) is 31.8 Å². The fourth-order valence-corrected chi connectivity index (χ4v) is 4.35. The Labute approximate surface area is 217 Å². The molecular weight excluding hydrogens is 466 g/mol. The maximum atomic E-state index is 13.0. The molecule has 0 aliphatic carbocycles. The molecule has 4 aromatic rings. The van der Waals surface area contributed by atoms with Crippen LogP contribution in [0, 0.1) is 6.92 Å². The number of fused-ring (bicyclic) bond motifs is 1. The van der Waals surface area contributed by atoms with Crippen molar-refractivity contribution in [2.75, 3.05) is 25.1 Å². The monoisotopic (exact) mass is 499 g/mol. The molecule has 0 bridgehead atoms. The molecule has 3 aromatic carbocycles. The standard InChI is InChI=1S/C31H33NO5/c1-6-34-23-15-13-22(14-16-23)26-19-37-31-21(5)30(36-8-3)24(18-25(26)31)20(4)17-29(33)32-27-11-9-10-12-28(27)35-7-2/h9-19H,6-8H2,1-5H3,(H,32,33)/b20-17+. The molecule has 0 unspecified atom stereocenters. The highest BCUT2D eigenvalue weighted by Gasteiger charge is 2.19. The van der Waals surface area contributed by atoms with E-state index in [0.717, 1.165) is 44.5 Å². The number of carbonyl (C=O) groups excluding carboxylic acids is 1. The van der Waals surface area contributed by atoms with Gasteiger partial charge in [-0.1, -0.05) is 24.3 Å². The quantitative estimate of drug-likeness (QED) is 0.227. The first kappa shape index (κ1) is 25.9. The Balaban J connectivity index is 1.73. The molecule has 1 heterocycles. The van der Waals surface area contributed by atoms with E-state index in [1.54, 1.807) is 12.3 Å². The summed E-state index contributed by atoms with van der Waals surface area (Å²) >= 11 is 0. The Bertz CT molecular complexity index is 1420. The predicted octanol–water partition coefficient (Wildman–Crippen LogP) is 7.65. The molecule has 0 atom stereocenters. The Morgan fingerprint density at radius 2 is 1.65 bits per heavy atom. The van der Waals surface area contributed by atoms with Crippen molar-refractivity contribution in [1.82, 2.24) is 0 Å². The van der Waals surface area contributed by atoms with E-state index >= 15 is 0 Å². The van der Waals surface area contributed by atoms with Crippen molar-refractivity contribution >= 4 is 28.1 Å². The Hall–Kier alpha value is -4.19. The van der Waals surface area contributed by atoms with E-state index in [0.29, 0.717) is 37.0 Å². The van der Waals surface area contributed by atoms with Crippen LogP contribution in [-0.4, -0.2) is 25.7 Å². The van der Waals surface area contributed by atoms with Crippen molar-refractivity contribution in [2.45, 2.75) is 34.6 Å². The molecule has 6 nitrogen and oxygen atoms in total. The molecule has 0 aliphatic heterocycles. The van der Waals surface area contributed by atoms with Crippen molar-refractivity contribution < 1.29 is 23.4 Å². The lowest BCUT2D eigenvalue weighted by molar-refractivity contribution is -0.111. The van der Waals surface area contributed by atoms with Gasteiger partial charge < -0.3 is 23.9 Å². The molecular formula is C31H33NO5. The SMILES string of the molecule is CCOc1ccc(-c2coc3c(C)c(OCC)c(/C(C)=C/C(=O)Nc4ccccc4OCC)cc23)cc1. The van der Waals surface area contributed by atoms with Gasteiger partial charge in [-0.05, 0) is 76.1 Å². The number of furan rings is 1. The van der Waals surface area contributed by atoms with Crippen molar-refractivity contribution in [2.24, 2.45) is 0 Å². The molecule has 0 aliphatic rings. The minimum absolute atomic E-state index is 0.246. The first-order valence-corrected chi connectivity index (χ1v) is 12.6. The van der Waals surface area contributed by atoms with Gasteiger partial charge in [0, 0.05) is 28.2 Å².